The van der Waals surface area contributed by atoms with E-state index in [4.69, 9.17) is 4.74 Å². The van der Waals surface area contributed by atoms with Gasteiger partial charge in [0.1, 0.15) is 40.1 Å². The first-order valence-corrected chi connectivity index (χ1v) is 6.63. The molecule has 0 saturated heterocycles. The normalized spacial score (nSPS) is 13.4. The van der Waals surface area contributed by atoms with Gasteiger partial charge in [-0.1, -0.05) is 12.1 Å². The summed E-state index contributed by atoms with van der Waals surface area (Å²) in [7, 11) is 3.55. The molecule has 2 aromatic rings. The summed E-state index contributed by atoms with van der Waals surface area (Å²) in [4.78, 5) is 22.3. The lowest BCUT2D eigenvalue weighted by atomic mass is 9.83. The van der Waals surface area contributed by atoms with E-state index >= 15 is 0 Å². The smallest absolute Gasteiger partial charge is 0.258 e. The van der Waals surface area contributed by atoms with Gasteiger partial charge < -0.3 is 9.84 Å². The summed E-state index contributed by atoms with van der Waals surface area (Å²) in [6.45, 7) is 0.837. The van der Waals surface area contributed by atoms with Crippen LogP contribution in [-0.4, -0.2) is 49.8 Å². The Morgan fingerprint density at radius 3 is 2.76 bits per heavy atom. The number of benzene rings is 1. The van der Waals surface area contributed by atoms with E-state index in [1.54, 1.807) is 38.9 Å². The first-order valence-electron chi connectivity index (χ1n) is 6.63. The van der Waals surface area contributed by atoms with Gasteiger partial charge in [-0.05, 0) is 10.9 Å². The fourth-order valence-corrected chi connectivity index (χ4v) is 2.41. The van der Waals surface area contributed by atoms with Crippen LogP contribution >= 0.6 is 0 Å². The molecule has 3 rings (SSSR count). The number of carbonyl (C=O) groups excluding carboxylic acids is 1. The topological polar surface area (TPSA) is 75.6 Å². The second-order valence-electron chi connectivity index (χ2n) is 4.98. The summed E-state index contributed by atoms with van der Waals surface area (Å²) in [6, 6.07) is 3.37. The van der Waals surface area contributed by atoms with Crippen molar-refractivity contribution in [1.82, 2.24) is 9.97 Å². The third kappa shape index (κ3) is 2.33. The Kier molecular flexibility index (Phi) is 3.29. The van der Waals surface area contributed by atoms with Crippen LogP contribution in [-0.2, 0) is 0 Å². The highest BCUT2D eigenvalue weighted by molar-refractivity contribution is 6.42. The number of hydrogen-bond donors (Lipinski definition) is 1. The summed E-state index contributed by atoms with van der Waals surface area (Å²) in [6.07, 6.45) is 2.96. The maximum absolute atomic E-state index is 12.7. The quantitative estimate of drug-likeness (QED) is 0.597. The van der Waals surface area contributed by atoms with Crippen molar-refractivity contribution in [3.05, 3.63) is 30.2 Å². The van der Waals surface area contributed by atoms with E-state index in [9.17, 15) is 9.90 Å². The third-order valence-corrected chi connectivity index (χ3v) is 3.49. The van der Waals surface area contributed by atoms with E-state index < -0.39 is 0 Å². The van der Waals surface area contributed by atoms with Crippen molar-refractivity contribution in [1.29, 1.82) is 0 Å². The highest BCUT2D eigenvalue weighted by atomic mass is 16.5. The second kappa shape index (κ2) is 5.12. The minimum Gasteiger partial charge on any atom is -0.509 e. The fraction of sp³-hybridized carbons (Fsp3) is 0.154. The van der Waals surface area contributed by atoms with E-state index in [1.165, 1.54) is 6.33 Å². The lowest BCUT2D eigenvalue weighted by molar-refractivity contribution is 0.0975. The molecule has 0 aliphatic carbocycles. The Morgan fingerprint density at radius 1 is 1.33 bits per heavy atom. The largest absolute Gasteiger partial charge is 0.509 e. The number of carbonyl (C=O) groups is 1. The standard InChI is InChI=1S/C13H13B2N3O3/c14-8-3-7(4-9(15)11(8)19)13(20)18-1-2-21-12-10(18)5-16-6-17-12/h3-6,19H,1-2,14-15H2. The fourth-order valence-electron chi connectivity index (χ4n) is 2.41. The number of anilines is 1. The molecule has 21 heavy (non-hydrogen) atoms. The van der Waals surface area contributed by atoms with Gasteiger partial charge in [-0.25, -0.2) is 4.98 Å². The van der Waals surface area contributed by atoms with Crippen molar-refractivity contribution in [2.45, 2.75) is 0 Å². The van der Waals surface area contributed by atoms with Crippen LogP contribution in [0.1, 0.15) is 10.4 Å². The number of ether oxygens (including phenoxy) is 1. The Bertz CT molecular complexity index is 701. The predicted molar refractivity (Wildman–Crippen MR) is 83.7 cm³/mol. The van der Waals surface area contributed by atoms with Crippen molar-refractivity contribution < 1.29 is 14.6 Å². The van der Waals surface area contributed by atoms with Gasteiger partial charge in [0, 0.05) is 5.56 Å². The van der Waals surface area contributed by atoms with Gasteiger partial charge in [0.25, 0.3) is 5.91 Å². The molecule has 1 amide bonds. The number of rotatable bonds is 1. The number of hydrogen-bond acceptors (Lipinski definition) is 5. The summed E-state index contributed by atoms with van der Waals surface area (Å²) in [5, 5.41) is 9.82. The molecule has 1 N–H and O–H groups in total. The number of phenolic OH excluding ortho intramolecular Hbond substituents is 1. The summed E-state index contributed by atoms with van der Waals surface area (Å²) < 4.78 is 5.42. The zero-order valence-corrected chi connectivity index (χ0v) is 11.8. The lowest BCUT2D eigenvalue weighted by Crippen LogP contribution is -2.39. The van der Waals surface area contributed by atoms with Crippen molar-refractivity contribution in [3.8, 4) is 11.6 Å². The first-order chi connectivity index (χ1) is 10.1. The molecule has 0 bridgehead atoms. The Balaban J connectivity index is 2.00. The van der Waals surface area contributed by atoms with Gasteiger partial charge in [-0.15, -0.1) is 0 Å². The van der Waals surface area contributed by atoms with Gasteiger partial charge in [0.15, 0.2) is 0 Å². The number of fused-ring (bicyclic) bond motifs is 1. The molecule has 8 heteroatoms. The van der Waals surface area contributed by atoms with E-state index in [0.29, 0.717) is 41.2 Å². The highest BCUT2D eigenvalue weighted by Gasteiger charge is 2.26. The Morgan fingerprint density at radius 2 is 2.05 bits per heavy atom. The Hall–Kier alpha value is -2.50. The average molecular weight is 281 g/mol. The molecule has 1 aliphatic heterocycles. The molecule has 0 atom stereocenters. The molecular formula is C13H13B2N3O3. The predicted octanol–water partition coefficient (Wildman–Crippen LogP) is -2.26. The number of aromatic hydroxyl groups is 1. The van der Waals surface area contributed by atoms with E-state index in [2.05, 4.69) is 9.97 Å². The van der Waals surface area contributed by atoms with E-state index in [0.717, 1.165) is 0 Å². The maximum atomic E-state index is 12.7. The zero-order chi connectivity index (χ0) is 15.0. The van der Waals surface area contributed by atoms with Gasteiger partial charge in [-0.2, -0.15) is 4.98 Å². The van der Waals surface area contributed by atoms with Gasteiger partial charge in [0.2, 0.25) is 5.88 Å². The van der Waals surface area contributed by atoms with Crippen LogP contribution < -0.4 is 20.6 Å². The van der Waals surface area contributed by atoms with Crippen LogP contribution in [0.3, 0.4) is 0 Å². The third-order valence-electron chi connectivity index (χ3n) is 3.49. The number of aromatic nitrogens is 2. The van der Waals surface area contributed by atoms with Gasteiger partial charge >= 0.3 is 0 Å². The molecule has 0 radical (unpaired) electrons. The molecule has 0 spiro atoms. The van der Waals surface area contributed by atoms with Crippen molar-refractivity contribution in [2.24, 2.45) is 0 Å². The summed E-state index contributed by atoms with van der Waals surface area (Å²) in [5.74, 6) is 0.481. The van der Waals surface area contributed by atoms with E-state index in [-0.39, 0.29) is 11.7 Å². The van der Waals surface area contributed by atoms with Crippen LogP contribution in [0.5, 0.6) is 11.6 Å². The molecule has 1 aliphatic rings. The molecule has 0 saturated carbocycles. The van der Waals surface area contributed by atoms with Gasteiger partial charge in [0.05, 0.1) is 12.7 Å². The lowest BCUT2D eigenvalue weighted by Gasteiger charge is -2.28. The van der Waals surface area contributed by atoms with Crippen molar-refractivity contribution in [2.75, 3.05) is 18.1 Å². The molecule has 0 fully saturated rings. The van der Waals surface area contributed by atoms with Crippen LogP contribution in [0.2, 0.25) is 0 Å². The minimum absolute atomic E-state index is 0.152. The van der Waals surface area contributed by atoms with Crippen LogP contribution in [0.25, 0.3) is 0 Å². The van der Waals surface area contributed by atoms with Gasteiger partial charge in [-0.3, -0.25) is 9.69 Å². The highest BCUT2D eigenvalue weighted by Crippen LogP contribution is 2.28. The zero-order valence-electron chi connectivity index (χ0n) is 11.8. The average Bonchev–Trinajstić information content (AvgIpc) is 2.51. The van der Waals surface area contributed by atoms with Crippen molar-refractivity contribution >= 4 is 38.2 Å². The second-order valence-corrected chi connectivity index (χ2v) is 4.98. The molecule has 6 nitrogen and oxygen atoms in total. The van der Waals surface area contributed by atoms with Crippen LogP contribution in [0, 0.1) is 0 Å². The molecule has 104 valence electrons. The maximum Gasteiger partial charge on any atom is 0.258 e. The Labute approximate surface area is 123 Å². The van der Waals surface area contributed by atoms with Crippen LogP contribution in [0.15, 0.2) is 24.7 Å². The molecule has 2 heterocycles. The molecule has 1 aromatic carbocycles. The molecule has 0 unspecified atom stereocenters. The summed E-state index contributed by atoms with van der Waals surface area (Å²) >= 11 is 0. The summed E-state index contributed by atoms with van der Waals surface area (Å²) in [5.41, 5.74) is 2.45. The minimum atomic E-state index is -0.152. The van der Waals surface area contributed by atoms with Crippen LogP contribution in [0.4, 0.5) is 5.69 Å². The molecule has 1 aromatic heterocycles. The first kappa shape index (κ1) is 13.5. The van der Waals surface area contributed by atoms with Crippen molar-refractivity contribution in [3.63, 3.8) is 0 Å². The SMILES string of the molecule is Bc1cc(C(=O)N2CCOc3ncncc32)cc(B)c1O. The monoisotopic (exact) mass is 281 g/mol. The molecular weight excluding hydrogens is 268 g/mol. The number of nitrogens with zero attached hydrogens (tertiary/aromatic N) is 3. The number of phenols is 1. The number of amides is 1. The van der Waals surface area contributed by atoms with E-state index in [1.807, 2.05) is 0 Å².